The summed E-state index contributed by atoms with van der Waals surface area (Å²) in [7, 11) is 1.54. The van der Waals surface area contributed by atoms with E-state index in [0.29, 0.717) is 12.3 Å². The Morgan fingerprint density at radius 1 is 1.38 bits per heavy atom. The monoisotopic (exact) mass is 332 g/mol. The number of ether oxygens (including phenoxy) is 1. The zero-order valence-corrected chi connectivity index (χ0v) is 13.0. The van der Waals surface area contributed by atoms with E-state index in [4.69, 9.17) is 15.4 Å². The summed E-state index contributed by atoms with van der Waals surface area (Å²) in [5.74, 6) is -0.274. The zero-order valence-electron chi connectivity index (χ0n) is 11.4. The van der Waals surface area contributed by atoms with E-state index in [0.717, 1.165) is 32.3 Å². The normalized spacial score (nSPS) is 23.0. The summed E-state index contributed by atoms with van der Waals surface area (Å²) < 4.78 is 30.0. The molecular weight excluding hydrogens is 316 g/mol. The average molecular weight is 333 g/mol. The quantitative estimate of drug-likeness (QED) is 0.851. The smallest absolute Gasteiger partial charge is 0.268 e. The number of carbonyl (C=O) groups is 1. The zero-order chi connectivity index (χ0) is 15.0. The van der Waals surface area contributed by atoms with E-state index in [-0.39, 0.29) is 22.9 Å². The Morgan fingerprint density at radius 3 is 2.71 bits per heavy atom. The van der Waals surface area contributed by atoms with Crippen LogP contribution in [0.4, 0.5) is 0 Å². The van der Waals surface area contributed by atoms with E-state index in [2.05, 4.69) is 5.32 Å². The molecule has 1 atom stereocenters. The van der Waals surface area contributed by atoms with Gasteiger partial charge in [0, 0.05) is 29.5 Å². The highest BCUT2D eigenvalue weighted by Crippen LogP contribution is 2.37. The maximum atomic E-state index is 12.4. The molecule has 1 amide bonds. The molecule has 0 aromatic carbocycles. The first-order valence-electron chi connectivity index (χ1n) is 7.00. The molecule has 2 aliphatic rings. The van der Waals surface area contributed by atoms with Gasteiger partial charge >= 0.3 is 0 Å². The molecule has 1 aliphatic carbocycles. The maximum Gasteiger partial charge on any atom is 0.268 e. The predicted octanol–water partition coefficient (Wildman–Crippen LogP) is 1.66. The SMILES string of the molecule is O=C(NC1CCCOC1)c1cc(S(=O)(=O)Cl)cn1C1CC1. The minimum absolute atomic E-state index is 0.0233. The second-order valence-corrected chi connectivity index (χ2v) is 8.09. The Hall–Kier alpha value is -1.05. The highest BCUT2D eigenvalue weighted by atomic mass is 35.7. The number of nitrogens with one attached hydrogen (secondary N) is 1. The Bertz CT molecular complexity index is 645. The number of rotatable bonds is 4. The van der Waals surface area contributed by atoms with Gasteiger partial charge in [-0.25, -0.2) is 8.42 Å². The summed E-state index contributed by atoms with van der Waals surface area (Å²) in [5, 5.41) is 2.90. The Balaban J connectivity index is 1.82. The van der Waals surface area contributed by atoms with Crippen LogP contribution in [-0.4, -0.2) is 38.1 Å². The number of hydrogen-bond acceptors (Lipinski definition) is 4. The summed E-state index contributed by atoms with van der Waals surface area (Å²) in [6.45, 7) is 1.22. The van der Waals surface area contributed by atoms with Gasteiger partial charge in [0.1, 0.15) is 10.6 Å². The van der Waals surface area contributed by atoms with Gasteiger partial charge in [-0.05, 0) is 31.7 Å². The fraction of sp³-hybridized carbons (Fsp3) is 0.615. The molecule has 2 fully saturated rings. The summed E-state index contributed by atoms with van der Waals surface area (Å²) >= 11 is 0. The molecule has 8 heteroatoms. The van der Waals surface area contributed by atoms with E-state index in [1.54, 1.807) is 4.57 Å². The van der Waals surface area contributed by atoms with Crippen LogP contribution in [0.15, 0.2) is 17.2 Å². The average Bonchev–Trinajstić information content (AvgIpc) is 3.16. The van der Waals surface area contributed by atoms with Gasteiger partial charge in [0.15, 0.2) is 0 Å². The fourth-order valence-electron chi connectivity index (χ4n) is 2.54. The molecule has 6 nitrogen and oxygen atoms in total. The molecular formula is C13H17ClN2O4S. The lowest BCUT2D eigenvalue weighted by Gasteiger charge is -2.23. The van der Waals surface area contributed by atoms with Crippen molar-refractivity contribution >= 4 is 25.6 Å². The maximum absolute atomic E-state index is 12.4. The molecule has 0 bridgehead atoms. The van der Waals surface area contributed by atoms with Crippen LogP contribution in [0.5, 0.6) is 0 Å². The molecule has 1 aromatic rings. The van der Waals surface area contributed by atoms with E-state index >= 15 is 0 Å². The van der Waals surface area contributed by atoms with Crippen molar-refractivity contribution in [1.29, 1.82) is 0 Å². The largest absolute Gasteiger partial charge is 0.379 e. The standard InChI is InChI=1S/C13H17ClN2O4S/c14-21(18,19)11-6-12(16(7-11)10-3-4-10)13(17)15-9-2-1-5-20-8-9/h6-7,9-10H,1-5,8H2,(H,15,17). The molecule has 1 saturated heterocycles. The summed E-state index contributed by atoms with van der Waals surface area (Å²) in [6.07, 6.45) is 5.13. The summed E-state index contributed by atoms with van der Waals surface area (Å²) in [6, 6.07) is 1.52. The third kappa shape index (κ3) is 3.41. The van der Waals surface area contributed by atoms with Gasteiger partial charge in [-0.15, -0.1) is 0 Å². The number of aromatic nitrogens is 1. The van der Waals surface area contributed by atoms with E-state index in [1.807, 2.05) is 0 Å². The first-order valence-corrected chi connectivity index (χ1v) is 9.31. The van der Waals surface area contributed by atoms with Crippen molar-refractivity contribution in [1.82, 2.24) is 9.88 Å². The highest BCUT2D eigenvalue weighted by Gasteiger charge is 2.30. The van der Waals surface area contributed by atoms with Crippen molar-refractivity contribution in [2.24, 2.45) is 0 Å². The van der Waals surface area contributed by atoms with Crippen LogP contribution < -0.4 is 5.32 Å². The minimum Gasteiger partial charge on any atom is -0.379 e. The second-order valence-electron chi connectivity index (χ2n) is 5.52. The van der Waals surface area contributed by atoms with Crippen molar-refractivity contribution in [3.63, 3.8) is 0 Å². The first kappa shape index (κ1) is 14.9. The first-order chi connectivity index (χ1) is 9.95. The minimum atomic E-state index is -3.83. The van der Waals surface area contributed by atoms with Gasteiger partial charge in [-0.3, -0.25) is 4.79 Å². The second kappa shape index (κ2) is 5.62. The molecule has 0 radical (unpaired) electrons. The Kier molecular flexibility index (Phi) is 3.98. The third-order valence-corrected chi connectivity index (χ3v) is 5.09. The van der Waals surface area contributed by atoms with Crippen LogP contribution in [0.2, 0.25) is 0 Å². The lowest BCUT2D eigenvalue weighted by molar-refractivity contribution is 0.0620. The van der Waals surface area contributed by atoms with Crippen molar-refractivity contribution < 1.29 is 17.9 Å². The van der Waals surface area contributed by atoms with Crippen LogP contribution >= 0.6 is 10.7 Å². The number of hydrogen-bond donors (Lipinski definition) is 1. The topological polar surface area (TPSA) is 77.4 Å². The van der Waals surface area contributed by atoms with Crippen molar-refractivity contribution in [2.45, 2.75) is 42.7 Å². The molecule has 1 N–H and O–H groups in total. The van der Waals surface area contributed by atoms with Crippen molar-refractivity contribution in [2.75, 3.05) is 13.2 Å². The van der Waals surface area contributed by atoms with Crippen LogP contribution in [0.1, 0.15) is 42.2 Å². The predicted molar refractivity (Wildman–Crippen MR) is 77.0 cm³/mol. The fourth-order valence-corrected chi connectivity index (χ4v) is 3.28. The van der Waals surface area contributed by atoms with Crippen LogP contribution in [0.3, 0.4) is 0 Å². The highest BCUT2D eigenvalue weighted by molar-refractivity contribution is 8.13. The third-order valence-electron chi connectivity index (χ3n) is 3.77. The number of halogens is 1. The van der Waals surface area contributed by atoms with Crippen molar-refractivity contribution in [3.05, 3.63) is 18.0 Å². The van der Waals surface area contributed by atoms with Crippen LogP contribution in [0, 0.1) is 0 Å². The van der Waals surface area contributed by atoms with Gasteiger partial charge < -0.3 is 14.6 Å². The molecule has 1 unspecified atom stereocenters. The van der Waals surface area contributed by atoms with E-state index in [1.165, 1.54) is 12.3 Å². The number of nitrogens with zero attached hydrogens (tertiary/aromatic N) is 1. The van der Waals surface area contributed by atoms with Gasteiger partial charge in [0.2, 0.25) is 0 Å². The van der Waals surface area contributed by atoms with Gasteiger partial charge in [0.25, 0.3) is 15.0 Å². The van der Waals surface area contributed by atoms with Gasteiger partial charge in [0.05, 0.1) is 12.6 Å². The Labute approximate surface area is 127 Å². The summed E-state index contributed by atoms with van der Waals surface area (Å²) in [5.41, 5.74) is 0.349. The molecule has 21 heavy (non-hydrogen) atoms. The van der Waals surface area contributed by atoms with E-state index in [9.17, 15) is 13.2 Å². The molecule has 1 aromatic heterocycles. The van der Waals surface area contributed by atoms with E-state index < -0.39 is 9.05 Å². The van der Waals surface area contributed by atoms with Crippen LogP contribution in [-0.2, 0) is 13.8 Å². The summed E-state index contributed by atoms with van der Waals surface area (Å²) in [4.78, 5) is 12.4. The van der Waals surface area contributed by atoms with Gasteiger partial charge in [-0.1, -0.05) is 0 Å². The molecule has 1 saturated carbocycles. The number of amides is 1. The van der Waals surface area contributed by atoms with Crippen LogP contribution in [0.25, 0.3) is 0 Å². The molecule has 2 heterocycles. The molecule has 116 valence electrons. The number of carbonyl (C=O) groups excluding carboxylic acids is 1. The lowest BCUT2D eigenvalue weighted by atomic mass is 10.1. The molecule has 1 aliphatic heterocycles. The Morgan fingerprint density at radius 2 is 2.14 bits per heavy atom. The molecule has 0 spiro atoms. The van der Waals surface area contributed by atoms with Gasteiger partial charge in [-0.2, -0.15) is 0 Å². The lowest BCUT2D eigenvalue weighted by Crippen LogP contribution is -2.41. The van der Waals surface area contributed by atoms with Crippen molar-refractivity contribution in [3.8, 4) is 0 Å². The molecule has 3 rings (SSSR count).